The van der Waals surface area contributed by atoms with Crippen LogP contribution in [0.25, 0.3) is 32.2 Å². The molecule has 3 aromatic heterocycles. The van der Waals surface area contributed by atoms with Crippen LogP contribution in [-0.2, 0) is 11.2 Å². The first-order valence-corrected chi connectivity index (χ1v) is 11.5. The van der Waals surface area contributed by atoms with Crippen molar-refractivity contribution in [2.45, 2.75) is 19.8 Å². The van der Waals surface area contributed by atoms with Crippen molar-refractivity contribution in [3.05, 3.63) is 70.7 Å². The van der Waals surface area contributed by atoms with Crippen LogP contribution in [-0.4, -0.2) is 21.1 Å². The Labute approximate surface area is 186 Å². The molecule has 0 bridgehead atoms. The van der Waals surface area contributed by atoms with Crippen molar-refractivity contribution in [1.29, 1.82) is 0 Å². The highest BCUT2D eigenvalue weighted by molar-refractivity contribution is 7.21. The van der Waals surface area contributed by atoms with E-state index in [4.69, 9.17) is 9.40 Å². The Morgan fingerprint density at radius 3 is 2.74 bits per heavy atom. The summed E-state index contributed by atoms with van der Waals surface area (Å²) in [6.45, 7) is 2.08. The minimum absolute atomic E-state index is 0.0986. The van der Waals surface area contributed by atoms with Crippen molar-refractivity contribution in [3.8, 4) is 22.0 Å². The van der Waals surface area contributed by atoms with Gasteiger partial charge in [-0.15, -0.1) is 21.5 Å². The van der Waals surface area contributed by atoms with Crippen LogP contribution in [0.3, 0.4) is 0 Å². The number of thiophene rings is 1. The summed E-state index contributed by atoms with van der Waals surface area (Å²) in [5, 5.41) is 15.8. The summed E-state index contributed by atoms with van der Waals surface area (Å²) >= 11 is 3.24. The number of hydrogen-bond donors (Lipinski definition) is 1. The van der Waals surface area contributed by atoms with E-state index >= 15 is 0 Å². The fraction of sp³-hybridized carbons (Fsp3) is 0.130. The molecule has 6 nitrogen and oxygen atoms in total. The number of benzene rings is 2. The van der Waals surface area contributed by atoms with E-state index in [1.807, 2.05) is 47.2 Å². The summed E-state index contributed by atoms with van der Waals surface area (Å²) in [6.07, 6.45) is 0.663. The van der Waals surface area contributed by atoms with Crippen molar-refractivity contribution in [1.82, 2.24) is 15.2 Å². The number of carbonyl (C=O) groups excluding carboxylic acids is 1. The second-order valence-electron chi connectivity index (χ2n) is 7.13. The Morgan fingerprint density at radius 2 is 1.94 bits per heavy atom. The molecule has 3 heterocycles. The number of amides is 1. The second-order valence-corrected chi connectivity index (χ2v) is 8.94. The predicted octanol–water partition coefficient (Wildman–Crippen LogP) is 5.95. The smallest absolute Gasteiger partial charge is 0.248 e. The number of aromatic nitrogens is 3. The molecule has 1 amide bonds. The summed E-state index contributed by atoms with van der Waals surface area (Å²) in [6, 6.07) is 15.9. The van der Waals surface area contributed by atoms with E-state index < -0.39 is 0 Å². The highest BCUT2D eigenvalue weighted by Crippen LogP contribution is 2.31. The minimum Gasteiger partial charge on any atom is -0.421 e. The van der Waals surface area contributed by atoms with Gasteiger partial charge < -0.3 is 9.73 Å². The second kappa shape index (κ2) is 8.41. The van der Waals surface area contributed by atoms with Gasteiger partial charge in [0.1, 0.15) is 5.01 Å². The molecule has 0 aliphatic heterocycles. The molecule has 0 aliphatic rings. The van der Waals surface area contributed by atoms with Gasteiger partial charge in [0.15, 0.2) is 0 Å². The van der Waals surface area contributed by atoms with Gasteiger partial charge in [0, 0.05) is 35.0 Å². The molecule has 0 atom stereocenters. The molecule has 0 spiro atoms. The molecule has 5 rings (SSSR count). The lowest BCUT2D eigenvalue weighted by molar-refractivity contribution is -0.116. The van der Waals surface area contributed by atoms with Crippen LogP contribution >= 0.6 is 22.7 Å². The SMILES string of the molecule is Cc1ccc2nc(-c3ccc(NC(=O)CCc4nnc(-c5ccsc5)o4)cc3)sc2c1. The normalized spacial score (nSPS) is 11.1. The molecule has 2 aromatic carbocycles. The third-order valence-electron chi connectivity index (χ3n) is 4.76. The molecule has 0 unspecified atom stereocenters. The quantitative estimate of drug-likeness (QED) is 0.348. The summed E-state index contributed by atoms with van der Waals surface area (Å²) in [7, 11) is 0. The van der Waals surface area contributed by atoms with Gasteiger partial charge >= 0.3 is 0 Å². The van der Waals surface area contributed by atoms with Gasteiger partial charge in [-0.3, -0.25) is 4.79 Å². The van der Waals surface area contributed by atoms with Gasteiger partial charge in [-0.2, -0.15) is 11.3 Å². The van der Waals surface area contributed by atoms with Gasteiger partial charge in [-0.1, -0.05) is 6.07 Å². The highest BCUT2D eigenvalue weighted by Gasteiger charge is 2.12. The molecule has 0 saturated carbocycles. The molecule has 0 saturated heterocycles. The van der Waals surface area contributed by atoms with Gasteiger partial charge in [0.2, 0.25) is 17.7 Å². The first-order chi connectivity index (χ1) is 15.1. The fourth-order valence-corrected chi connectivity index (χ4v) is 4.85. The fourth-order valence-electron chi connectivity index (χ4n) is 3.15. The first kappa shape index (κ1) is 19.6. The van der Waals surface area contributed by atoms with Gasteiger partial charge in [0.05, 0.1) is 10.2 Å². The maximum Gasteiger partial charge on any atom is 0.248 e. The molecule has 154 valence electrons. The number of hydrogen-bond acceptors (Lipinski definition) is 7. The zero-order valence-corrected chi connectivity index (χ0v) is 18.3. The molecule has 0 fully saturated rings. The van der Waals surface area contributed by atoms with Crippen LogP contribution < -0.4 is 5.32 Å². The minimum atomic E-state index is -0.0986. The van der Waals surface area contributed by atoms with E-state index in [1.54, 1.807) is 22.7 Å². The first-order valence-electron chi connectivity index (χ1n) is 9.76. The number of carbonyl (C=O) groups is 1. The van der Waals surface area contributed by atoms with Crippen molar-refractivity contribution in [3.63, 3.8) is 0 Å². The topological polar surface area (TPSA) is 80.9 Å². The summed E-state index contributed by atoms with van der Waals surface area (Å²) < 4.78 is 6.80. The molecule has 0 radical (unpaired) electrons. The Balaban J connectivity index is 1.19. The van der Waals surface area contributed by atoms with Crippen LogP contribution in [0.4, 0.5) is 5.69 Å². The van der Waals surface area contributed by atoms with Gasteiger partial charge in [-0.25, -0.2) is 4.98 Å². The maximum absolute atomic E-state index is 12.3. The lowest BCUT2D eigenvalue weighted by atomic mass is 10.2. The van der Waals surface area contributed by atoms with Crippen molar-refractivity contribution in [2.24, 2.45) is 0 Å². The van der Waals surface area contributed by atoms with E-state index in [0.29, 0.717) is 18.2 Å². The molecule has 0 aliphatic carbocycles. The number of fused-ring (bicyclic) bond motifs is 1. The van der Waals surface area contributed by atoms with E-state index in [-0.39, 0.29) is 12.3 Å². The number of nitrogens with zero attached hydrogens (tertiary/aromatic N) is 3. The molecule has 8 heteroatoms. The van der Waals surface area contributed by atoms with Crippen LogP contribution in [0.5, 0.6) is 0 Å². The van der Waals surface area contributed by atoms with Crippen LogP contribution in [0.1, 0.15) is 17.9 Å². The Morgan fingerprint density at radius 1 is 1.06 bits per heavy atom. The van der Waals surface area contributed by atoms with Crippen molar-refractivity contribution >= 4 is 44.5 Å². The van der Waals surface area contributed by atoms with E-state index in [1.165, 1.54) is 10.3 Å². The van der Waals surface area contributed by atoms with Crippen LogP contribution in [0, 0.1) is 6.92 Å². The van der Waals surface area contributed by atoms with Crippen molar-refractivity contribution in [2.75, 3.05) is 5.32 Å². The number of aryl methyl sites for hydroxylation is 2. The third kappa shape index (κ3) is 4.40. The van der Waals surface area contributed by atoms with Crippen LogP contribution in [0.15, 0.2) is 63.7 Å². The highest BCUT2D eigenvalue weighted by atomic mass is 32.1. The lowest BCUT2D eigenvalue weighted by Gasteiger charge is -2.05. The summed E-state index contributed by atoms with van der Waals surface area (Å²) in [4.78, 5) is 17.0. The Bertz CT molecular complexity index is 1340. The van der Waals surface area contributed by atoms with E-state index in [2.05, 4.69) is 34.6 Å². The summed E-state index contributed by atoms with van der Waals surface area (Å²) in [5.74, 6) is 0.841. The van der Waals surface area contributed by atoms with E-state index in [9.17, 15) is 4.79 Å². The number of nitrogens with one attached hydrogen (secondary N) is 1. The lowest BCUT2D eigenvalue weighted by Crippen LogP contribution is -2.12. The zero-order valence-electron chi connectivity index (χ0n) is 16.7. The molecule has 5 aromatic rings. The van der Waals surface area contributed by atoms with E-state index in [0.717, 1.165) is 27.3 Å². The Kier molecular flexibility index (Phi) is 5.31. The monoisotopic (exact) mass is 446 g/mol. The molecular weight excluding hydrogens is 428 g/mol. The average molecular weight is 447 g/mol. The molecule has 1 N–H and O–H groups in total. The predicted molar refractivity (Wildman–Crippen MR) is 124 cm³/mol. The number of thiazole rings is 1. The number of rotatable bonds is 6. The molecule has 31 heavy (non-hydrogen) atoms. The standard InChI is InChI=1S/C23H18N4O2S2/c1-14-2-7-18-19(12-14)31-23(25-18)15-3-5-17(6-4-15)24-20(28)8-9-21-26-27-22(29-21)16-10-11-30-13-16/h2-7,10-13H,8-9H2,1H3,(H,24,28). The molecular formula is C23H18N4O2S2. The number of anilines is 1. The van der Waals surface area contributed by atoms with Gasteiger partial charge in [-0.05, 0) is 60.3 Å². The van der Waals surface area contributed by atoms with Gasteiger partial charge in [0.25, 0.3) is 0 Å². The largest absolute Gasteiger partial charge is 0.421 e. The third-order valence-corrected chi connectivity index (χ3v) is 6.51. The maximum atomic E-state index is 12.3. The zero-order chi connectivity index (χ0) is 21.2. The van der Waals surface area contributed by atoms with Crippen LogP contribution in [0.2, 0.25) is 0 Å². The Hall–Kier alpha value is -3.36. The summed E-state index contributed by atoms with van der Waals surface area (Å²) in [5.41, 5.74) is 4.91. The van der Waals surface area contributed by atoms with Crippen molar-refractivity contribution < 1.29 is 9.21 Å². The average Bonchev–Trinajstić information content (AvgIpc) is 3.52.